The summed E-state index contributed by atoms with van der Waals surface area (Å²) in [5, 5.41) is 18.9. The van der Waals surface area contributed by atoms with Gasteiger partial charge in [0.15, 0.2) is 0 Å². The van der Waals surface area contributed by atoms with Crippen LogP contribution in [-0.4, -0.2) is 21.9 Å². The van der Waals surface area contributed by atoms with Crippen LogP contribution in [0.3, 0.4) is 0 Å². The molecule has 1 rings (SSSR count). The second-order valence-electron chi connectivity index (χ2n) is 3.27. The third kappa shape index (κ3) is 1.22. The van der Waals surface area contributed by atoms with Gasteiger partial charge in [-0.1, -0.05) is 6.58 Å². The topological polar surface area (TPSA) is 40.5 Å². The highest BCUT2D eigenvalue weighted by molar-refractivity contribution is 5.12. The molecule has 0 saturated heterocycles. The number of rotatable bonds is 0. The predicted molar refractivity (Wildman–Crippen MR) is 39.6 cm³/mol. The van der Waals surface area contributed by atoms with E-state index in [2.05, 4.69) is 6.58 Å². The molecular weight excluding hydrogens is 128 g/mol. The van der Waals surface area contributed by atoms with Crippen molar-refractivity contribution in [1.82, 2.24) is 0 Å². The van der Waals surface area contributed by atoms with Gasteiger partial charge in [0.05, 0.1) is 5.60 Å². The molecule has 0 unspecified atom stereocenters. The van der Waals surface area contributed by atoms with Gasteiger partial charge in [0.25, 0.3) is 0 Å². The quantitative estimate of drug-likeness (QED) is 0.492. The predicted octanol–water partition coefficient (Wildman–Crippen LogP) is 0.838. The highest BCUT2D eigenvalue weighted by atomic mass is 16.3. The number of aliphatic hydroxyl groups excluding tert-OH is 1. The van der Waals surface area contributed by atoms with Crippen molar-refractivity contribution >= 4 is 0 Å². The van der Waals surface area contributed by atoms with Gasteiger partial charge in [-0.3, -0.25) is 0 Å². The fourth-order valence-corrected chi connectivity index (χ4v) is 1.39. The molecule has 1 saturated carbocycles. The van der Waals surface area contributed by atoms with Gasteiger partial charge in [0, 0.05) is 0 Å². The Morgan fingerprint density at radius 1 is 1.70 bits per heavy atom. The summed E-state index contributed by atoms with van der Waals surface area (Å²) in [5.41, 5.74) is -0.175. The van der Waals surface area contributed by atoms with Crippen molar-refractivity contribution in [3.8, 4) is 0 Å². The zero-order valence-electron chi connectivity index (χ0n) is 6.30. The molecule has 1 aliphatic rings. The lowest BCUT2D eigenvalue weighted by Crippen LogP contribution is -2.42. The minimum atomic E-state index is -0.935. The molecule has 0 spiro atoms. The standard InChI is InChI=1S/C8H14O2/c1-6-4-3-5-8(2,10)7(6)9/h7,9-10H,1,3-5H2,2H3/t7-,8-/m1/s1. The molecule has 0 radical (unpaired) electrons. The third-order valence-corrected chi connectivity index (χ3v) is 2.16. The van der Waals surface area contributed by atoms with E-state index in [0.717, 1.165) is 18.4 Å². The molecular formula is C8H14O2. The Hall–Kier alpha value is -0.340. The summed E-state index contributed by atoms with van der Waals surface area (Å²) in [4.78, 5) is 0. The van der Waals surface area contributed by atoms with E-state index >= 15 is 0 Å². The molecule has 0 aromatic heterocycles. The molecule has 0 aliphatic heterocycles. The second-order valence-corrected chi connectivity index (χ2v) is 3.27. The molecule has 0 bridgehead atoms. The van der Waals surface area contributed by atoms with Crippen molar-refractivity contribution in [1.29, 1.82) is 0 Å². The number of hydrogen-bond acceptors (Lipinski definition) is 2. The summed E-state index contributed by atoms with van der Waals surface area (Å²) >= 11 is 0. The van der Waals surface area contributed by atoms with Gasteiger partial charge in [-0.05, 0) is 31.8 Å². The Bertz CT molecular complexity index is 149. The lowest BCUT2D eigenvalue weighted by atomic mass is 9.81. The molecule has 2 N–H and O–H groups in total. The van der Waals surface area contributed by atoms with Gasteiger partial charge in [-0.2, -0.15) is 0 Å². The molecule has 0 aromatic rings. The van der Waals surface area contributed by atoms with Crippen LogP contribution in [0.4, 0.5) is 0 Å². The summed E-state index contributed by atoms with van der Waals surface area (Å²) < 4.78 is 0. The first-order valence-electron chi connectivity index (χ1n) is 3.62. The summed E-state index contributed by atoms with van der Waals surface area (Å²) in [5.74, 6) is 0. The molecule has 0 amide bonds. The van der Waals surface area contributed by atoms with Crippen molar-refractivity contribution in [2.75, 3.05) is 0 Å². The zero-order chi connectivity index (χ0) is 7.78. The van der Waals surface area contributed by atoms with E-state index in [1.54, 1.807) is 6.92 Å². The highest BCUT2D eigenvalue weighted by Crippen LogP contribution is 2.30. The zero-order valence-corrected chi connectivity index (χ0v) is 6.30. The van der Waals surface area contributed by atoms with Crippen molar-refractivity contribution in [2.24, 2.45) is 0 Å². The van der Waals surface area contributed by atoms with E-state index in [0.29, 0.717) is 6.42 Å². The summed E-state index contributed by atoms with van der Waals surface area (Å²) in [6.45, 7) is 5.34. The highest BCUT2D eigenvalue weighted by Gasteiger charge is 2.34. The van der Waals surface area contributed by atoms with E-state index in [1.165, 1.54) is 0 Å². The van der Waals surface area contributed by atoms with Crippen LogP contribution in [0.5, 0.6) is 0 Å². The largest absolute Gasteiger partial charge is 0.387 e. The Labute approximate surface area is 61.2 Å². The molecule has 2 atom stereocenters. The van der Waals surface area contributed by atoms with Gasteiger partial charge in [0.2, 0.25) is 0 Å². The Balaban J connectivity index is 2.69. The van der Waals surface area contributed by atoms with Crippen molar-refractivity contribution in [2.45, 2.75) is 37.9 Å². The number of hydrogen-bond donors (Lipinski definition) is 2. The van der Waals surface area contributed by atoms with Crippen LogP contribution in [0.1, 0.15) is 26.2 Å². The average Bonchev–Trinajstić information content (AvgIpc) is 1.83. The third-order valence-electron chi connectivity index (χ3n) is 2.16. The summed E-state index contributed by atoms with van der Waals surface area (Å²) in [6.07, 6.45) is 1.73. The monoisotopic (exact) mass is 142 g/mol. The smallest absolute Gasteiger partial charge is 0.103 e. The number of aliphatic hydroxyl groups is 2. The molecule has 0 aromatic carbocycles. The van der Waals surface area contributed by atoms with Crippen LogP contribution >= 0.6 is 0 Å². The fraction of sp³-hybridized carbons (Fsp3) is 0.750. The Morgan fingerprint density at radius 2 is 2.30 bits per heavy atom. The minimum Gasteiger partial charge on any atom is -0.387 e. The van der Waals surface area contributed by atoms with Crippen LogP contribution in [0.25, 0.3) is 0 Å². The summed E-state index contributed by atoms with van der Waals surface area (Å²) in [6, 6.07) is 0. The van der Waals surface area contributed by atoms with Crippen LogP contribution in [0.15, 0.2) is 12.2 Å². The lowest BCUT2D eigenvalue weighted by Gasteiger charge is -2.34. The van der Waals surface area contributed by atoms with E-state index in [-0.39, 0.29) is 0 Å². The molecule has 58 valence electrons. The van der Waals surface area contributed by atoms with Crippen LogP contribution in [-0.2, 0) is 0 Å². The first kappa shape index (κ1) is 7.76. The Kier molecular flexibility index (Phi) is 1.84. The van der Waals surface area contributed by atoms with Crippen molar-refractivity contribution in [3.05, 3.63) is 12.2 Å². The van der Waals surface area contributed by atoms with Crippen LogP contribution < -0.4 is 0 Å². The normalized spacial score (nSPS) is 41.9. The van der Waals surface area contributed by atoms with E-state index in [1.807, 2.05) is 0 Å². The fourth-order valence-electron chi connectivity index (χ4n) is 1.39. The molecule has 0 heterocycles. The van der Waals surface area contributed by atoms with E-state index in [4.69, 9.17) is 0 Å². The van der Waals surface area contributed by atoms with Crippen molar-refractivity contribution in [3.63, 3.8) is 0 Å². The van der Waals surface area contributed by atoms with Crippen molar-refractivity contribution < 1.29 is 10.2 Å². The molecule has 2 heteroatoms. The molecule has 10 heavy (non-hydrogen) atoms. The first-order chi connectivity index (χ1) is 4.54. The SMILES string of the molecule is C=C1CCC[C@@](C)(O)[C@@H]1O. The molecule has 1 aliphatic carbocycles. The second kappa shape index (κ2) is 2.36. The maximum atomic E-state index is 9.50. The van der Waals surface area contributed by atoms with E-state index < -0.39 is 11.7 Å². The van der Waals surface area contributed by atoms with Gasteiger partial charge < -0.3 is 10.2 Å². The van der Waals surface area contributed by atoms with Gasteiger partial charge in [-0.15, -0.1) is 0 Å². The Morgan fingerprint density at radius 3 is 2.70 bits per heavy atom. The molecule has 1 fully saturated rings. The minimum absolute atomic E-state index is 0.674. The van der Waals surface area contributed by atoms with Gasteiger partial charge in [-0.25, -0.2) is 0 Å². The maximum absolute atomic E-state index is 9.50. The van der Waals surface area contributed by atoms with Gasteiger partial charge >= 0.3 is 0 Å². The molecule has 2 nitrogen and oxygen atoms in total. The van der Waals surface area contributed by atoms with E-state index in [9.17, 15) is 10.2 Å². The van der Waals surface area contributed by atoms with Crippen LogP contribution in [0.2, 0.25) is 0 Å². The maximum Gasteiger partial charge on any atom is 0.103 e. The lowest BCUT2D eigenvalue weighted by molar-refractivity contribution is -0.0613. The summed E-state index contributed by atoms with van der Waals surface area (Å²) in [7, 11) is 0. The average molecular weight is 142 g/mol. The van der Waals surface area contributed by atoms with Gasteiger partial charge in [0.1, 0.15) is 6.10 Å². The first-order valence-corrected chi connectivity index (χ1v) is 3.62. The van der Waals surface area contributed by atoms with Crippen LogP contribution in [0, 0.1) is 0 Å².